The van der Waals surface area contributed by atoms with E-state index >= 15 is 0 Å². The highest BCUT2D eigenvalue weighted by Gasteiger charge is 2.46. The molecule has 2 aromatic rings. The van der Waals surface area contributed by atoms with Crippen molar-refractivity contribution in [1.82, 2.24) is 0 Å². The van der Waals surface area contributed by atoms with Gasteiger partial charge < -0.3 is 15.4 Å². The van der Waals surface area contributed by atoms with Crippen LogP contribution in [-0.4, -0.2) is 19.1 Å². The van der Waals surface area contributed by atoms with E-state index in [1.807, 2.05) is 18.2 Å². The van der Waals surface area contributed by atoms with Gasteiger partial charge in [-0.15, -0.1) is 0 Å². The predicted octanol–water partition coefficient (Wildman–Crippen LogP) is 3.33. The summed E-state index contributed by atoms with van der Waals surface area (Å²) in [7, 11) is 1.56. The largest absolute Gasteiger partial charge is 0.495 e. The lowest BCUT2D eigenvalue weighted by molar-refractivity contribution is -0.126. The molecule has 2 aromatic carbocycles. The summed E-state index contributed by atoms with van der Waals surface area (Å²) in [5.74, 6) is 0.479. The highest BCUT2D eigenvalue weighted by Crippen LogP contribution is 2.40. The fourth-order valence-electron chi connectivity index (χ4n) is 2.91. The van der Waals surface area contributed by atoms with Gasteiger partial charge in [-0.3, -0.25) is 4.79 Å². The van der Waals surface area contributed by atoms with Gasteiger partial charge in [0.05, 0.1) is 18.2 Å². The molecular weight excluding hydrogens is 312 g/mol. The van der Waals surface area contributed by atoms with E-state index in [2.05, 4.69) is 19.1 Å². The molecule has 2 N–H and O–H groups in total. The van der Waals surface area contributed by atoms with Gasteiger partial charge in [-0.25, -0.2) is 0 Å². The number of anilines is 1. The van der Waals surface area contributed by atoms with Gasteiger partial charge in [-0.2, -0.15) is 0 Å². The Bertz CT molecular complexity index is 730. The van der Waals surface area contributed by atoms with Crippen LogP contribution < -0.4 is 15.4 Å². The number of methoxy groups -OCH3 is 1. The van der Waals surface area contributed by atoms with Gasteiger partial charge in [0.25, 0.3) is 0 Å². The van der Waals surface area contributed by atoms with Crippen molar-refractivity contribution in [3.63, 3.8) is 0 Å². The highest BCUT2D eigenvalue weighted by molar-refractivity contribution is 6.32. The maximum absolute atomic E-state index is 12.3. The van der Waals surface area contributed by atoms with E-state index in [9.17, 15) is 4.79 Å². The average molecular weight is 331 g/mol. The van der Waals surface area contributed by atoms with Gasteiger partial charge in [0.2, 0.25) is 5.91 Å². The van der Waals surface area contributed by atoms with Gasteiger partial charge in [-0.05, 0) is 35.7 Å². The predicted molar refractivity (Wildman–Crippen MR) is 92.0 cm³/mol. The second-order valence-corrected chi connectivity index (χ2v) is 6.00. The Balaban J connectivity index is 1.93. The van der Waals surface area contributed by atoms with Gasteiger partial charge in [-0.1, -0.05) is 42.8 Å². The molecule has 1 aliphatic rings. The van der Waals surface area contributed by atoms with Crippen LogP contribution in [-0.2, 0) is 11.2 Å². The summed E-state index contributed by atoms with van der Waals surface area (Å²) in [5, 5.41) is 0.471. The van der Waals surface area contributed by atoms with Crippen molar-refractivity contribution in [2.24, 2.45) is 5.73 Å². The molecular formula is C18H19ClN2O2. The molecule has 0 radical (unpaired) electrons. The number of ether oxygens (including phenoxy) is 1. The first kappa shape index (κ1) is 15.8. The Hall–Kier alpha value is -2.04. The molecule has 0 saturated carbocycles. The molecule has 0 spiro atoms. The van der Waals surface area contributed by atoms with Gasteiger partial charge in [0.15, 0.2) is 0 Å². The molecule has 1 saturated heterocycles. The molecule has 0 aromatic heterocycles. The summed E-state index contributed by atoms with van der Waals surface area (Å²) >= 11 is 6.18. The van der Waals surface area contributed by atoms with Crippen LogP contribution in [0.15, 0.2) is 42.5 Å². The monoisotopic (exact) mass is 330 g/mol. The minimum Gasteiger partial charge on any atom is -0.495 e. The molecule has 0 aliphatic carbocycles. The number of benzene rings is 2. The number of carbonyl (C=O) groups excluding carboxylic acids is 1. The Kier molecular flexibility index (Phi) is 4.28. The number of aryl methyl sites for hydroxylation is 1. The number of hydrogen-bond donors (Lipinski definition) is 1. The number of rotatable bonds is 4. The fourth-order valence-corrected chi connectivity index (χ4v) is 3.16. The van der Waals surface area contributed by atoms with Crippen LogP contribution in [0.4, 0.5) is 5.69 Å². The minimum atomic E-state index is -0.525. The lowest BCUT2D eigenvalue weighted by Gasteiger charge is -2.45. The standard InChI is InChI=1S/C18H19ClN2O2/c1-3-11-4-6-12(7-5-11)17-16(20)18(22)21(17)13-8-9-15(23-2)14(19)10-13/h4-10,16-17H,3,20H2,1-2H3/t16-,17+/m1/s1. The number of carbonyl (C=O) groups is 1. The fraction of sp³-hybridized carbons (Fsp3) is 0.278. The van der Waals surface area contributed by atoms with Crippen molar-refractivity contribution in [2.45, 2.75) is 25.4 Å². The van der Waals surface area contributed by atoms with E-state index in [0.717, 1.165) is 17.7 Å². The zero-order valence-electron chi connectivity index (χ0n) is 13.1. The van der Waals surface area contributed by atoms with E-state index in [1.54, 1.807) is 24.1 Å². The minimum absolute atomic E-state index is 0.101. The molecule has 5 heteroatoms. The van der Waals surface area contributed by atoms with Crippen LogP contribution in [0, 0.1) is 0 Å². The lowest BCUT2D eigenvalue weighted by Crippen LogP contribution is -2.63. The topological polar surface area (TPSA) is 55.6 Å². The van der Waals surface area contributed by atoms with Gasteiger partial charge in [0.1, 0.15) is 11.8 Å². The first-order chi connectivity index (χ1) is 11.1. The van der Waals surface area contributed by atoms with E-state index in [-0.39, 0.29) is 11.9 Å². The number of nitrogens with zero attached hydrogens (tertiary/aromatic N) is 1. The summed E-state index contributed by atoms with van der Waals surface area (Å²) in [6.45, 7) is 2.11. The maximum Gasteiger partial charge on any atom is 0.247 e. The van der Waals surface area contributed by atoms with Crippen LogP contribution in [0.2, 0.25) is 5.02 Å². The molecule has 1 aliphatic heterocycles. The molecule has 1 heterocycles. The number of amides is 1. The Morgan fingerprint density at radius 1 is 1.22 bits per heavy atom. The summed E-state index contributed by atoms with van der Waals surface area (Å²) in [6, 6.07) is 12.8. The summed E-state index contributed by atoms with van der Waals surface area (Å²) in [6.07, 6.45) is 0.980. The molecule has 23 heavy (non-hydrogen) atoms. The van der Waals surface area contributed by atoms with E-state index in [1.165, 1.54) is 5.56 Å². The zero-order valence-corrected chi connectivity index (χ0v) is 13.9. The first-order valence-corrected chi connectivity index (χ1v) is 7.95. The van der Waals surface area contributed by atoms with E-state index in [4.69, 9.17) is 22.1 Å². The number of nitrogens with two attached hydrogens (primary N) is 1. The normalized spacial score (nSPS) is 20.3. The molecule has 0 bridgehead atoms. The summed E-state index contributed by atoms with van der Waals surface area (Å²) in [5.41, 5.74) is 9.06. The highest BCUT2D eigenvalue weighted by atomic mass is 35.5. The Morgan fingerprint density at radius 3 is 2.48 bits per heavy atom. The second-order valence-electron chi connectivity index (χ2n) is 5.59. The van der Waals surface area contributed by atoms with Crippen molar-refractivity contribution in [1.29, 1.82) is 0 Å². The van der Waals surface area contributed by atoms with Crippen LogP contribution >= 0.6 is 11.6 Å². The molecule has 2 atom stereocenters. The van der Waals surface area contributed by atoms with Crippen LogP contribution in [0.5, 0.6) is 5.75 Å². The molecule has 3 rings (SSSR count). The molecule has 0 unspecified atom stereocenters. The lowest BCUT2D eigenvalue weighted by atomic mass is 9.88. The van der Waals surface area contributed by atoms with Crippen LogP contribution in [0.25, 0.3) is 0 Å². The molecule has 1 amide bonds. The second kappa shape index (κ2) is 6.22. The van der Waals surface area contributed by atoms with E-state index in [0.29, 0.717) is 10.8 Å². The Labute approximate surface area is 140 Å². The number of hydrogen-bond acceptors (Lipinski definition) is 3. The number of halogens is 1. The first-order valence-electron chi connectivity index (χ1n) is 7.57. The van der Waals surface area contributed by atoms with Crippen molar-refractivity contribution in [3.05, 3.63) is 58.6 Å². The van der Waals surface area contributed by atoms with Crippen molar-refractivity contribution in [3.8, 4) is 5.75 Å². The molecule has 1 fully saturated rings. The Morgan fingerprint density at radius 2 is 1.91 bits per heavy atom. The van der Waals surface area contributed by atoms with E-state index < -0.39 is 6.04 Å². The molecule has 4 nitrogen and oxygen atoms in total. The van der Waals surface area contributed by atoms with Gasteiger partial charge in [0, 0.05) is 5.69 Å². The quantitative estimate of drug-likeness (QED) is 0.875. The molecule has 120 valence electrons. The maximum atomic E-state index is 12.3. The third kappa shape index (κ3) is 2.69. The van der Waals surface area contributed by atoms with Crippen molar-refractivity contribution < 1.29 is 9.53 Å². The van der Waals surface area contributed by atoms with Crippen molar-refractivity contribution >= 4 is 23.2 Å². The zero-order chi connectivity index (χ0) is 16.6. The van der Waals surface area contributed by atoms with Crippen LogP contribution in [0.1, 0.15) is 24.1 Å². The average Bonchev–Trinajstić information content (AvgIpc) is 2.58. The summed E-state index contributed by atoms with van der Waals surface area (Å²) < 4.78 is 5.16. The third-order valence-corrected chi connectivity index (χ3v) is 4.58. The van der Waals surface area contributed by atoms with Crippen molar-refractivity contribution in [2.75, 3.05) is 12.0 Å². The smallest absolute Gasteiger partial charge is 0.247 e. The third-order valence-electron chi connectivity index (χ3n) is 4.28. The summed E-state index contributed by atoms with van der Waals surface area (Å²) in [4.78, 5) is 14.0. The van der Waals surface area contributed by atoms with Gasteiger partial charge >= 0.3 is 0 Å². The van der Waals surface area contributed by atoms with Crippen LogP contribution in [0.3, 0.4) is 0 Å². The SMILES string of the molecule is CCc1ccc([C@H]2[C@@H](N)C(=O)N2c2ccc(OC)c(Cl)c2)cc1. The number of β-lactam (4-membered cyclic amide) rings is 1.